The van der Waals surface area contributed by atoms with Crippen molar-refractivity contribution in [1.29, 1.82) is 0 Å². The van der Waals surface area contributed by atoms with E-state index in [0.29, 0.717) is 6.54 Å². The van der Waals surface area contributed by atoms with Gasteiger partial charge in [0, 0.05) is 18.9 Å². The van der Waals surface area contributed by atoms with Gasteiger partial charge in [-0.2, -0.15) is 12.6 Å². The fourth-order valence-electron chi connectivity index (χ4n) is 1.02. The Morgan fingerprint density at radius 1 is 1.62 bits per heavy atom. The van der Waals surface area contributed by atoms with Gasteiger partial charge in [0.15, 0.2) is 0 Å². The number of rotatable bonds is 3. The highest BCUT2D eigenvalue weighted by molar-refractivity contribution is 7.80. The highest BCUT2D eigenvalue weighted by atomic mass is 32.1. The molecule has 0 bridgehead atoms. The zero-order chi connectivity index (χ0) is 9.90. The molecule has 0 aliphatic carbocycles. The molecule has 1 heterocycles. The Morgan fingerprint density at radius 2 is 2.31 bits per heavy atom. The van der Waals surface area contributed by atoms with Crippen LogP contribution in [0, 0.1) is 5.41 Å². The molecule has 0 aliphatic rings. The molecular formula is C9H14N2OS. The summed E-state index contributed by atoms with van der Waals surface area (Å²) in [6.07, 6.45) is 3.26. The van der Waals surface area contributed by atoms with E-state index in [4.69, 9.17) is 0 Å². The highest BCUT2D eigenvalue weighted by Gasteiger charge is 2.16. The number of nitrogens with zero attached hydrogens (tertiary/aromatic N) is 2. The van der Waals surface area contributed by atoms with Gasteiger partial charge in [0.05, 0.1) is 0 Å². The highest BCUT2D eigenvalue weighted by Crippen LogP contribution is 2.18. The molecule has 1 aromatic rings. The van der Waals surface area contributed by atoms with Crippen LogP contribution in [0.1, 0.15) is 13.8 Å². The van der Waals surface area contributed by atoms with Gasteiger partial charge in [-0.15, -0.1) is 0 Å². The third kappa shape index (κ3) is 2.88. The number of thiol groups is 1. The zero-order valence-electron chi connectivity index (χ0n) is 7.90. The SMILES string of the molecule is CC(C)(CS)Cn1cccnc1=O. The Balaban J connectivity index is 2.87. The third-order valence-corrected chi connectivity index (χ3v) is 2.67. The predicted molar refractivity (Wildman–Crippen MR) is 56.1 cm³/mol. The van der Waals surface area contributed by atoms with E-state index in [9.17, 15) is 4.79 Å². The summed E-state index contributed by atoms with van der Waals surface area (Å²) in [6.45, 7) is 4.79. The molecule has 0 saturated carbocycles. The van der Waals surface area contributed by atoms with Crippen LogP contribution in [0.25, 0.3) is 0 Å². The Morgan fingerprint density at radius 3 is 2.85 bits per heavy atom. The summed E-state index contributed by atoms with van der Waals surface area (Å²) in [5.41, 5.74) is -0.173. The van der Waals surface area contributed by atoms with Crippen LogP contribution in [0.2, 0.25) is 0 Å². The standard InChI is InChI=1S/C9H14N2OS/c1-9(2,7-13)6-11-5-3-4-10-8(11)12/h3-5,13H,6-7H2,1-2H3. The summed E-state index contributed by atoms with van der Waals surface area (Å²) < 4.78 is 1.61. The molecule has 72 valence electrons. The number of aromatic nitrogens is 2. The van der Waals surface area contributed by atoms with Crippen LogP contribution in [0.5, 0.6) is 0 Å². The molecule has 0 aromatic carbocycles. The summed E-state index contributed by atoms with van der Waals surface area (Å²) in [7, 11) is 0. The van der Waals surface area contributed by atoms with E-state index in [2.05, 4.69) is 31.5 Å². The fraction of sp³-hybridized carbons (Fsp3) is 0.556. The average Bonchev–Trinajstić information content (AvgIpc) is 2.09. The van der Waals surface area contributed by atoms with Gasteiger partial charge < -0.3 is 0 Å². The second kappa shape index (κ2) is 3.96. The molecule has 4 heteroatoms. The predicted octanol–water partition coefficient (Wildman–Crippen LogP) is 1.20. The normalized spacial score (nSPS) is 11.6. The van der Waals surface area contributed by atoms with E-state index in [0.717, 1.165) is 5.75 Å². The summed E-state index contributed by atoms with van der Waals surface area (Å²) in [6, 6.07) is 1.76. The Labute approximate surface area is 83.2 Å². The van der Waals surface area contributed by atoms with Crippen LogP contribution < -0.4 is 5.69 Å². The summed E-state index contributed by atoms with van der Waals surface area (Å²) in [5.74, 6) is 0.744. The monoisotopic (exact) mass is 198 g/mol. The van der Waals surface area contributed by atoms with Crippen molar-refractivity contribution < 1.29 is 0 Å². The molecule has 0 atom stereocenters. The summed E-state index contributed by atoms with van der Waals surface area (Å²) in [5, 5.41) is 0. The zero-order valence-corrected chi connectivity index (χ0v) is 8.79. The van der Waals surface area contributed by atoms with Crippen molar-refractivity contribution in [1.82, 2.24) is 9.55 Å². The Hall–Kier alpha value is -0.770. The first-order valence-electron chi connectivity index (χ1n) is 4.17. The van der Waals surface area contributed by atoms with Crippen LogP contribution in [0.4, 0.5) is 0 Å². The molecule has 0 fully saturated rings. The van der Waals surface area contributed by atoms with Crippen molar-refractivity contribution in [3.8, 4) is 0 Å². The van der Waals surface area contributed by atoms with Gasteiger partial charge in [-0.25, -0.2) is 9.78 Å². The van der Waals surface area contributed by atoms with Crippen LogP contribution in [-0.2, 0) is 6.54 Å². The maximum absolute atomic E-state index is 11.2. The molecule has 0 spiro atoms. The maximum atomic E-state index is 11.2. The molecular weight excluding hydrogens is 184 g/mol. The van der Waals surface area contributed by atoms with E-state index in [1.165, 1.54) is 6.20 Å². The smallest absolute Gasteiger partial charge is 0.299 e. The van der Waals surface area contributed by atoms with Gasteiger partial charge in [0.1, 0.15) is 0 Å². The van der Waals surface area contributed by atoms with E-state index in [1.54, 1.807) is 16.8 Å². The van der Waals surface area contributed by atoms with Crippen LogP contribution in [-0.4, -0.2) is 15.3 Å². The van der Waals surface area contributed by atoms with Gasteiger partial charge in [0.2, 0.25) is 0 Å². The molecule has 0 unspecified atom stereocenters. The lowest BCUT2D eigenvalue weighted by Gasteiger charge is -2.22. The van der Waals surface area contributed by atoms with Gasteiger partial charge in [0.25, 0.3) is 0 Å². The lowest BCUT2D eigenvalue weighted by atomic mass is 9.96. The lowest BCUT2D eigenvalue weighted by molar-refractivity contribution is 0.344. The largest absolute Gasteiger partial charge is 0.347 e. The van der Waals surface area contributed by atoms with Crippen molar-refractivity contribution >= 4 is 12.6 Å². The van der Waals surface area contributed by atoms with Crippen LogP contribution in [0.3, 0.4) is 0 Å². The van der Waals surface area contributed by atoms with E-state index in [-0.39, 0.29) is 11.1 Å². The first-order valence-corrected chi connectivity index (χ1v) is 4.81. The molecule has 1 aromatic heterocycles. The van der Waals surface area contributed by atoms with Gasteiger partial charge in [-0.3, -0.25) is 4.57 Å². The fourth-order valence-corrected chi connectivity index (χ4v) is 1.12. The second-order valence-corrected chi connectivity index (χ2v) is 4.17. The van der Waals surface area contributed by atoms with Gasteiger partial charge in [-0.1, -0.05) is 13.8 Å². The van der Waals surface area contributed by atoms with Crippen LogP contribution >= 0.6 is 12.6 Å². The van der Waals surface area contributed by atoms with Crippen molar-refractivity contribution in [2.24, 2.45) is 5.41 Å². The Kier molecular flexibility index (Phi) is 3.14. The molecule has 3 nitrogen and oxygen atoms in total. The number of hydrogen-bond donors (Lipinski definition) is 1. The third-order valence-electron chi connectivity index (χ3n) is 1.81. The Bertz CT molecular complexity index is 332. The van der Waals surface area contributed by atoms with Crippen molar-refractivity contribution in [2.75, 3.05) is 5.75 Å². The van der Waals surface area contributed by atoms with Gasteiger partial charge in [-0.05, 0) is 17.2 Å². The topological polar surface area (TPSA) is 34.9 Å². The minimum atomic E-state index is -0.197. The number of hydrogen-bond acceptors (Lipinski definition) is 3. The molecule has 1 rings (SSSR count). The van der Waals surface area contributed by atoms with Gasteiger partial charge >= 0.3 is 5.69 Å². The minimum absolute atomic E-state index is 0.0238. The van der Waals surface area contributed by atoms with Crippen LogP contribution in [0.15, 0.2) is 23.3 Å². The molecule has 0 radical (unpaired) electrons. The quantitative estimate of drug-likeness (QED) is 0.741. The van der Waals surface area contributed by atoms with Crippen molar-refractivity contribution in [2.45, 2.75) is 20.4 Å². The van der Waals surface area contributed by atoms with E-state index in [1.807, 2.05) is 0 Å². The molecule has 0 aliphatic heterocycles. The molecule has 0 saturated heterocycles. The first-order chi connectivity index (χ1) is 6.05. The minimum Gasteiger partial charge on any atom is -0.299 e. The summed E-state index contributed by atoms with van der Waals surface area (Å²) >= 11 is 4.23. The van der Waals surface area contributed by atoms with E-state index >= 15 is 0 Å². The maximum Gasteiger partial charge on any atom is 0.347 e. The van der Waals surface area contributed by atoms with E-state index < -0.39 is 0 Å². The molecule has 0 N–H and O–H groups in total. The molecule has 13 heavy (non-hydrogen) atoms. The molecule has 0 amide bonds. The lowest BCUT2D eigenvalue weighted by Crippen LogP contribution is -2.30. The first kappa shape index (κ1) is 10.3. The second-order valence-electron chi connectivity index (χ2n) is 3.85. The average molecular weight is 198 g/mol. The summed E-state index contributed by atoms with van der Waals surface area (Å²) in [4.78, 5) is 14.9. The van der Waals surface area contributed by atoms with Crippen molar-refractivity contribution in [3.63, 3.8) is 0 Å². The van der Waals surface area contributed by atoms with Crippen molar-refractivity contribution in [3.05, 3.63) is 28.9 Å².